The van der Waals surface area contributed by atoms with Crippen LogP contribution in [0.5, 0.6) is 0 Å². The first-order chi connectivity index (χ1) is 20.5. The summed E-state index contributed by atoms with van der Waals surface area (Å²) >= 11 is 2.46. The maximum Gasteiger partial charge on any atom is 0.302 e. The van der Waals surface area contributed by atoms with Gasteiger partial charge < -0.3 is 15.4 Å². The number of esters is 1. The van der Waals surface area contributed by atoms with E-state index in [0.29, 0.717) is 61.6 Å². The van der Waals surface area contributed by atoms with Crippen LogP contribution in [0.4, 0.5) is 11.4 Å². The number of ether oxygens (including phenoxy) is 1. The van der Waals surface area contributed by atoms with E-state index in [1.807, 2.05) is 26.0 Å². The van der Waals surface area contributed by atoms with Crippen LogP contribution in [-0.4, -0.2) is 67.6 Å². The number of aromatic amines is 2. The minimum atomic E-state index is -0.452. The molecule has 0 amide bonds. The zero-order chi connectivity index (χ0) is 30.7. The van der Waals surface area contributed by atoms with Crippen molar-refractivity contribution in [1.82, 2.24) is 30.4 Å². The summed E-state index contributed by atoms with van der Waals surface area (Å²) in [5.41, 5.74) is 1.82. The molecular formula is C29H32N8O4S2. The van der Waals surface area contributed by atoms with Crippen LogP contribution in [0, 0.1) is 11.3 Å². The van der Waals surface area contributed by atoms with Crippen molar-refractivity contribution in [2.24, 2.45) is 11.3 Å². The Labute approximate surface area is 257 Å². The van der Waals surface area contributed by atoms with Gasteiger partial charge in [-0.1, -0.05) is 27.7 Å². The van der Waals surface area contributed by atoms with E-state index in [2.05, 4.69) is 54.8 Å². The van der Waals surface area contributed by atoms with Gasteiger partial charge in [-0.3, -0.25) is 24.6 Å². The molecule has 0 spiro atoms. The molecule has 2 heterocycles. The minimum Gasteiger partial charge on any atom is -0.465 e. The Hall–Kier alpha value is -4.17. The summed E-state index contributed by atoms with van der Waals surface area (Å²) < 4.78 is 5.25. The lowest BCUT2D eigenvalue weighted by Gasteiger charge is -2.29. The molecule has 2 aromatic carbocycles. The SMILES string of the molecule is CC(=O)OCC(C)(C)CNc1ccc(Sc2ncn[nH]2)c2c1C(=O)c1c(Sc3ncn[nH]3)ccc(NCC(C)C)c1C2=O. The van der Waals surface area contributed by atoms with E-state index in [0.717, 1.165) is 0 Å². The lowest BCUT2D eigenvalue weighted by molar-refractivity contribution is -0.143. The minimum absolute atomic E-state index is 0.190. The Morgan fingerprint density at radius 3 is 1.81 bits per heavy atom. The molecule has 224 valence electrons. The molecule has 1 aliphatic rings. The third kappa shape index (κ3) is 6.75. The molecule has 4 N–H and O–H groups in total. The number of hydrogen-bond donors (Lipinski definition) is 4. The highest BCUT2D eigenvalue weighted by Crippen LogP contribution is 2.45. The van der Waals surface area contributed by atoms with Gasteiger partial charge in [0.1, 0.15) is 12.7 Å². The molecule has 0 saturated carbocycles. The predicted molar refractivity (Wildman–Crippen MR) is 163 cm³/mol. The Morgan fingerprint density at radius 1 is 0.860 bits per heavy atom. The molecular weight excluding hydrogens is 589 g/mol. The van der Waals surface area contributed by atoms with Crippen LogP contribution in [0.3, 0.4) is 0 Å². The molecule has 1 aliphatic carbocycles. The smallest absolute Gasteiger partial charge is 0.302 e. The number of ketones is 2. The quantitative estimate of drug-likeness (QED) is 0.137. The lowest BCUT2D eigenvalue weighted by atomic mass is 9.82. The van der Waals surface area contributed by atoms with Gasteiger partial charge in [0.2, 0.25) is 0 Å². The van der Waals surface area contributed by atoms with Gasteiger partial charge in [-0.25, -0.2) is 9.97 Å². The average Bonchev–Trinajstić information content (AvgIpc) is 3.68. The number of fused-ring (bicyclic) bond motifs is 2. The van der Waals surface area contributed by atoms with E-state index in [1.165, 1.54) is 43.1 Å². The van der Waals surface area contributed by atoms with Crippen molar-refractivity contribution in [3.63, 3.8) is 0 Å². The fraction of sp³-hybridized carbons (Fsp3) is 0.345. The van der Waals surface area contributed by atoms with Gasteiger partial charge >= 0.3 is 5.97 Å². The Balaban J connectivity index is 1.64. The number of carbonyl (C=O) groups is 3. The summed E-state index contributed by atoms with van der Waals surface area (Å²) in [6, 6.07) is 7.25. The van der Waals surface area contributed by atoms with Crippen molar-refractivity contribution < 1.29 is 19.1 Å². The van der Waals surface area contributed by atoms with Crippen molar-refractivity contribution in [3.05, 3.63) is 59.2 Å². The molecule has 0 bridgehead atoms. The molecule has 5 rings (SSSR count). The lowest BCUT2D eigenvalue weighted by Crippen LogP contribution is -2.31. The molecule has 0 aliphatic heterocycles. The van der Waals surface area contributed by atoms with E-state index < -0.39 is 5.41 Å². The van der Waals surface area contributed by atoms with Gasteiger partial charge in [-0.15, -0.1) is 0 Å². The fourth-order valence-electron chi connectivity index (χ4n) is 4.50. The molecule has 0 saturated heterocycles. The van der Waals surface area contributed by atoms with Gasteiger partial charge in [0.05, 0.1) is 17.7 Å². The third-order valence-electron chi connectivity index (χ3n) is 6.57. The molecule has 43 heavy (non-hydrogen) atoms. The zero-order valence-corrected chi connectivity index (χ0v) is 26.0. The van der Waals surface area contributed by atoms with Crippen LogP contribution in [0.1, 0.15) is 66.5 Å². The van der Waals surface area contributed by atoms with Gasteiger partial charge in [0.25, 0.3) is 0 Å². The largest absolute Gasteiger partial charge is 0.465 e. The second-order valence-electron chi connectivity index (χ2n) is 11.2. The van der Waals surface area contributed by atoms with Crippen molar-refractivity contribution >= 4 is 52.4 Å². The van der Waals surface area contributed by atoms with Crippen LogP contribution in [0.25, 0.3) is 0 Å². The van der Waals surface area contributed by atoms with E-state index in [4.69, 9.17) is 4.74 Å². The number of carbonyl (C=O) groups excluding carboxylic acids is 3. The van der Waals surface area contributed by atoms with Crippen LogP contribution in [0.15, 0.2) is 57.0 Å². The van der Waals surface area contributed by atoms with Crippen molar-refractivity contribution in [3.8, 4) is 0 Å². The molecule has 2 aromatic heterocycles. The standard InChI is InChI=1S/C29H32N8O4S2/c1-15(2)10-30-17-6-8-19(42-27-32-13-34-36-27)23-21(17)25(39)24-20(43-28-33-14-35-37-28)9-7-18(22(24)26(23)40)31-11-29(4,5)12-41-16(3)38/h6-9,13-15,30-31H,10-12H2,1-5H3,(H,32,34,36)(H,33,35,37). The highest BCUT2D eigenvalue weighted by molar-refractivity contribution is 7.99. The molecule has 0 fully saturated rings. The summed E-state index contributed by atoms with van der Waals surface area (Å²) in [5.74, 6) is -0.625. The second kappa shape index (κ2) is 12.6. The number of aromatic nitrogens is 6. The number of H-pyrrole nitrogens is 2. The summed E-state index contributed by atoms with van der Waals surface area (Å²) in [6.45, 7) is 10.6. The first-order valence-electron chi connectivity index (χ1n) is 13.6. The molecule has 0 unspecified atom stereocenters. The molecule has 0 radical (unpaired) electrons. The first kappa shape index (κ1) is 30.3. The van der Waals surface area contributed by atoms with Crippen LogP contribution < -0.4 is 10.6 Å². The number of benzene rings is 2. The van der Waals surface area contributed by atoms with Gasteiger partial charge in [-0.2, -0.15) is 10.2 Å². The van der Waals surface area contributed by atoms with Gasteiger partial charge in [0.15, 0.2) is 21.9 Å². The normalized spacial score (nSPS) is 12.7. The van der Waals surface area contributed by atoms with E-state index in [1.54, 1.807) is 12.1 Å². The third-order valence-corrected chi connectivity index (χ3v) is 8.47. The van der Waals surface area contributed by atoms with Gasteiger partial charge in [-0.05, 0) is 53.7 Å². The highest BCUT2D eigenvalue weighted by atomic mass is 32.2. The fourth-order valence-corrected chi connectivity index (χ4v) is 6.17. The predicted octanol–water partition coefficient (Wildman–Crippen LogP) is 5.07. The topological polar surface area (TPSA) is 168 Å². The molecule has 0 atom stereocenters. The Bertz CT molecular complexity index is 1650. The summed E-state index contributed by atoms with van der Waals surface area (Å²) in [5, 5.41) is 21.2. The molecule has 14 heteroatoms. The maximum absolute atomic E-state index is 14.6. The monoisotopic (exact) mass is 620 g/mol. The summed E-state index contributed by atoms with van der Waals surface area (Å²) in [7, 11) is 0. The number of hydrogen-bond acceptors (Lipinski definition) is 12. The Kier molecular flexibility index (Phi) is 8.87. The molecule has 4 aromatic rings. The maximum atomic E-state index is 14.6. The van der Waals surface area contributed by atoms with Crippen molar-refractivity contribution in [2.45, 2.75) is 54.7 Å². The van der Waals surface area contributed by atoms with E-state index in [9.17, 15) is 14.4 Å². The van der Waals surface area contributed by atoms with Crippen LogP contribution in [-0.2, 0) is 9.53 Å². The van der Waals surface area contributed by atoms with Gasteiger partial charge in [0, 0.05) is 57.7 Å². The number of nitrogens with one attached hydrogen (secondary N) is 4. The van der Waals surface area contributed by atoms with Crippen LogP contribution >= 0.6 is 23.5 Å². The Morgan fingerprint density at radius 2 is 1.37 bits per heavy atom. The number of anilines is 2. The zero-order valence-electron chi connectivity index (χ0n) is 24.4. The summed E-state index contributed by atoms with van der Waals surface area (Å²) in [6.07, 6.45) is 2.78. The number of nitrogens with zero attached hydrogens (tertiary/aromatic N) is 4. The molecule has 12 nitrogen and oxygen atoms in total. The van der Waals surface area contributed by atoms with Crippen LogP contribution in [0.2, 0.25) is 0 Å². The second-order valence-corrected chi connectivity index (χ2v) is 13.3. The van der Waals surface area contributed by atoms with E-state index >= 15 is 0 Å². The van der Waals surface area contributed by atoms with Crippen molar-refractivity contribution in [1.29, 1.82) is 0 Å². The average molecular weight is 621 g/mol. The first-order valence-corrected chi connectivity index (χ1v) is 15.3. The number of rotatable bonds is 12. The summed E-state index contributed by atoms with van der Waals surface area (Å²) in [4.78, 5) is 50.2. The highest BCUT2D eigenvalue weighted by Gasteiger charge is 2.38. The van der Waals surface area contributed by atoms with Crippen molar-refractivity contribution in [2.75, 3.05) is 30.3 Å². The van der Waals surface area contributed by atoms with E-state index in [-0.39, 0.29) is 35.3 Å².